The lowest BCUT2D eigenvalue weighted by Crippen LogP contribution is -2.50. The summed E-state index contributed by atoms with van der Waals surface area (Å²) in [5.41, 5.74) is -0.260. The first-order valence-corrected chi connectivity index (χ1v) is 7.07. The first kappa shape index (κ1) is 12.4. The molecule has 4 bridgehead atoms. The van der Waals surface area contributed by atoms with Crippen LogP contribution in [-0.4, -0.2) is 35.5 Å². The second kappa shape index (κ2) is 4.49. The number of hydrogen-bond acceptors (Lipinski definition) is 4. The van der Waals surface area contributed by atoms with Crippen LogP contribution in [0, 0.1) is 23.2 Å². The van der Waals surface area contributed by atoms with Crippen molar-refractivity contribution in [3.8, 4) is 0 Å². The van der Waals surface area contributed by atoms with E-state index in [2.05, 4.69) is 0 Å². The van der Waals surface area contributed by atoms with Crippen molar-refractivity contribution in [1.82, 2.24) is 0 Å². The van der Waals surface area contributed by atoms with E-state index in [4.69, 9.17) is 9.84 Å². The Labute approximate surface area is 107 Å². The van der Waals surface area contributed by atoms with Crippen molar-refractivity contribution in [1.29, 1.82) is 0 Å². The zero-order chi connectivity index (χ0) is 12.8. The lowest BCUT2D eigenvalue weighted by atomic mass is 9.49. The largest absolute Gasteiger partial charge is 0.462 e. The number of carbonyl (C=O) groups is 1. The van der Waals surface area contributed by atoms with Gasteiger partial charge in [-0.2, -0.15) is 0 Å². The van der Waals surface area contributed by atoms with Gasteiger partial charge in [-0.25, -0.2) is 0 Å². The van der Waals surface area contributed by atoms with Gasteiger partial charge in [-0.3, -0.25) is 4.79 Å². The highest BCUT2D eigenvalue weighted by Gasteiger charge is 2.55. The van der Waals surface area contributed by atoms with Crippen molar-refractivity contribution in [2.24, 2.45) is 23.2 Å². The number of carbonyl (C=O) groups excluding carboxylic acids is 1. The minimum absolute atomic E-state index is 0.0723. The van der Waals surface area contributed by atoms with Crippen molar-refractivity contribution in [3.05, 3.63) is 0 Å². The highest BCUT2D eigenvalue weighted by atomic mass is 16.5. The molecule has 0 aliphatic heterocycles. The second-order valence-electron chi connectivity index (χ2n) is 6.63. The molecule has 102 valence electrons. The van der Waals surface area contributed by atoms with Crippen LogP contribution in [-0.2, 0) is 9.53 Å². The first-order valence-electron chi connectivity index (χ1n) is 7.07. The summed E-state index contributed by atoms with van der Waals surface area (Å²) >= 11 is 0. The van der Waals surface area contributed by atoms with E-state index in [0.29, 0.717) is 17.8 Å². The molecule has 4 aliphatic rings. The molecular formula is C14H22O4. The highest BCUT2D eigenvalue weighted by Crippen LogP contribution is 2.60. The van der Waals surface area contributed by atoms with Crippen LogP contribution in [0.1, 0.15) is 38.5 Å². The molecule has 4 saturated carbocycles. The summed E-state index contributed by atoms with van der Waals surface area (Å²) in [4.78, 5) is 12.3. The Kier molecular flexibility index (Phi) is 3.10. The number of rotatable bonds is 4. The Balaban J connectivity index is 1.66. The molecule has 0 amide bonds. The van der Waals surface area contributed by atoms with Gasteiger partial charge in [0.25, 0.3) is 0 Å². The number of aliphatic hydroxyl groups excluding tert-OH is 2. The summed E-state index contributed by atoms with van der Waals surface area (Å²) in [6, 6.07) is 0. The normalized spacial score (nSPS) is 42.9. The smallest absolute Gasteiger partial charge is 0.312 e. The Morgan fingerprint density at radius 2 is 1.67 bits per heavy atom. The fraction of sp³-hybridized carbons (Fsp3) is 0.929. The summed E-state index contributed by atoms with van der Waals surface area (Å²) in [7, 11) is 0. The van der Waals surface area contributed by atoms with Crippen molar-refractivity contribution < 1.29 is 19.7 Å². The maximum Gasteiger partial charge on any atom is 0.312 e. The Bertz CT molecular complexity index is 303. The minimum atomic E-state index is -0.942. The fourth-order valence-corrected chi connectivity index (χ4v) is 4.74. The number of ether oxygens (including phenoxy) is 1. The van der Waals surface area contributed by atoms with Crippen molar-refractivity contribution in [3.63, 3.8) is 0 Å². The summed E-state index contributed by atoms with van der Waals surface area (Å²) in [6.07, 6.45) is 5.89. The van der Waals surface area contributed by atoms with Gasteiger partial charge in [0.2, 0.25) is 0 Å². The summed E-state index contributed by atoms with van der Waals surface area (Å²) < 4.78 is 5.23. The van der Waals surface area contributed by atoms with Crippen LogP contribution in [0.5, 0.6) is 0 Å². The van der Waals surface area contributed by atoms with E-state index in [0.717, 1.165) is 19.3 Å². The molecule has 2 N–H and O–H groups in total. The zero-order valence-corrected chi connectivity index (χ0v) is 10.7. The summed E-state index contributed by atoms with van der Waals surface area (Å²) in [5, 5.41) is 18.0. The summed E-state index contributed by atoms with van der Waals surface area (Å²) in [5.74, 6) is 2.01. The van der Waals surface area contributed by atoms with E-state index in [9.17, 15) is 9.90 Å². The minimum Gasteiger partial charge on any atom is -0.462 e. The zero-order valence-electron chi connectivity index (χ0n) is 10.7. The molecule has 0 radical (unpaired) electrons. The molecule has 0 heterocycles. The monoisotopic (exact) mass is 254 g/mol. The van der Waals surface area contributed by atoms with E-state index >= 15 is 0 Å². The molecule has 1 unspecified atom stereocenters. The lowest BCUT2D eigenvalue weighted by Gasteiger charge is -2.55. The van der Waals surface area contributed by atoms with Gasteiger partial charge in [-0.05, 0) is 56.3 Å². The van der Waals surface area contributed by atoms with Gasteiger partial charge < -0.3 is 14.9 Å². The molecule has 1 atom stereocenters. The molecule has 0 aromatic rings. The Morgan fingerprint density at radius 1 is 1.17 bits per heavy atom. The Hall–Kier alpha value is -0.610. The molecular weight excluding hydrogens is 232 g/mol. The molecule has 0 aromatic heterocycles. The van der Waals surface area contributed by atoms with Crippen LogP contribution in [0.15, 0.2) is 0 Å². The van der Waals surface area contributed by atoms with Gasteiger partial charge in [-0.1, -0.05) is 0 Å². The molecule has 0 aromatic carbocycles. The number of aliphatic hydroxyl groups is 2. The molecule has 4 fully saturated rings. The topological polar surface area (TPSA) is 66.8 Å². The quantitative estimate of drug-likeness (QED) is 0.737. The number of esters is 1. The maximum atomic E-state index is 12.3. The van der Waals surface area contributed by atoms with Gasteiger partial charge in [-0.15, -0.1) is 0 Å². The van der Waals surface area contributed by atoms with Crippen LogP contribution in [0.4, 0.5) is 0 Å². The van der Waals surface area contributed by atoms with Crippen LogP contribution in [0.2, 0.25) is 0 Å². The third-order valence-electron chi connectivity index (χ3n) is 5.09. The van der Waals surface area contributed by atoms with Crippen molar-refractivity contribution in [2.45, 2.75) is 44.6 Å². The van der Waals surface area contributed by atoms with Crippen molar-refractivity contribution >= 4 is 5.97 Å². The van der Waals surface area contributed by atoms with E-state index in [1.54, 1.807) is 0 Å². The molecule has 4 nitrogen and oxygen atoms in total. The molecule has 0 spiro atoms. The van der Waals surface area contributed by atoms with Crippen LogP contribution >= 0.6 is 0 Å². The van der Waals surface area contributed by atoms with E-state index in [1.807, 2.05) is 0 Å². The first-order chi connectivity index (χ1) is 8.61. The molecule has 0 saturated heterocycles. The summed E-state index contributed by atoms with van der Waals surface area (Å²) in [6.45, 7) is -0.425. The van der Waals surface area contributed by atoms with E-state index in [1.165, 1.54) is 19.3 Å². The van der Waals surface area contributed by atoms with Crippen LogP contribution < -0.4 is 0 Å². The SMILES string of the molecule is O=C(OCC(O)CO)C12CC3CC(CC(C3)C1)C2. The average Bonchev–Trinajstić information content (AvgIpc) is 2.33. The fourth-order valence-electron chi connectivity index (χ4n) is 4.74. The predicted molar refractivity (Wildman–Crippen MR) is 64.7 cm³/mol. The van der Waals surface area contributed by atoms with Crippen LogP contribution in [0.25, 0.3) is 0 Å². The van der Waals surface area contributed by atoms with Crippen molar-refractivity contribution in [2.75, 3.05) is 13.2 Å². The predicted octanol–water partition coefficient (Wildman–Crippen LogP) is 1.10. The van der Waals surface area contributed by atoms with E-state index in [-0.39, 0.29) is 24.6 Å². The lowest BCUT2D eigenvalue weighted by molar-refractivity contribution is -0.174. The molecule has 18 heavy (non-hydrogen) atoms. The van der Waals surface area contributed by atoms with Gasteiger partial charge in [0.15, 0.2) is 0 Å². The van der Waals surface area contributed by atoms with E-state index < -0.39 is 6.10 Å². The van der Waals surface area contributed by atoms with Crippen LogP contribution in [0.3, 0.4) is 0 Å². The maximum absolute atomic E-state index is 12.3. The van der Waals surface area contributed by atoms with Gasteiger partial charge in [0.05, 0.1) is 12.0 Å². The third kappa shape index (κ3) is 2.05. The molecule has 4 rings (SSSR count). The molecule has 4 aliphatic carbocycles. The Morgan fingerprint density at radius 3 is 2.11 bits per heavy atom. The number of hydrogen-bond donors (Lipinski definition) is 2. The van der Waals surface area contributed by atoms with Gasteiger partial charge >= 0.3 is 5.97 Å². The van der Waals surface area contributed by atoms with Gasteiger partial charge in [0, 0.05) is 0 Å². The second-order valence-corrected chi connectivity index (χ2v) is 6.63. The molecule has 4 heteroatoms. The average molecular weight is 254 g/mol. The standard InChI is InChI=1S/C14H22O4/c15-7-12(16)8-18-13(17)14-4-9-1-10(5-14)3-11(2-9)6-14/h9-12,15-16H,1-8H2. The third-order valence-corrected chi connectivity index (χ3v) is 5.09. The van der Waals surface area contributed by atoms with Gasteiger partial charge in [0.1, 0.15) is 12.7 Å². The highest BCUT2D eigenvalue weighted by molar-refractivity contribution is 5.77.